The molecule has 0 aromatic carbocycles. The lowest BCUT2D eigenvalue weighted by atomic mass is 10.2. The first kappa shape index (κ1) is 11.7. The van der Waals surface area contributed by atoms with Crippen LogP contribution in [0.2, 0.25) is 0 Å². The predicted molar refractivity (Wildman–Crippen MR) is 57.9 cm³/mol. The van der Waals surface area contributed by atoms with Gasteiger partial charge in [-0.05, 0) is 19.4 Å². The number of hydrogen-bond acceptors (Lipinski definition) is 3. The van der Waals surface area contributed by atoms with Crippen molar-refractivity contribution >= 4 is 5.91 Å². The van der Waals surface area contributed by atoms with Crippen LogP contribution in [0.15, 0.2) is 12.3 Å². The highest BCUT2D eigenvalue weighted by molar-refractivity contribution is 5.75. The van der Waals surface area contributed by atoms with Gasteiger partial charge in [0.25, 0.3) is 0 Å². The Labute approximate surface area is 89.6 Å². The van der Waals surface area contributed by atoms with Crippen LogP contribution in [0.5, 0.6) is 0 Å². The Kier molecular flexibility index (Phi) is 4.30. The SMILES string of the molecule is CC(N)CCC(=O)NCc1ccn(C)n1. The molecule has 0 radical (unpaired) electrons. The summed E-state index contributed by atoms with van der Waals surface area (Å²) in [6.07, 6.45) is 3.04. The third kappa shape index (κ3) is 4.60. The third-order valence-electron chi connectivity index (χ3n) is 2.06. The Morgan fingerprint density at radius 2 is 2.47 bits per heavy atom. The van der Waals surface area contributed by atoms with E-state index in [4.69, 9.17) is 5.73 Å². The number of amides is 1. The summed E-state index contributed by atoms with van der Waals surface area (Å²) in [5, 5.41) is 6.95. The van der Waals surface area contributed by atoms with Crippen LogP contribution >= 0.6 is 0 Å². The third-order valence-corrected chi connectivity index (χ3v) is 2.06. The molecule has 5 heteroatoms. The molecule has 1 rings (SSSR count). The monoisotopic (exact) mass is 210 g/mol. The predicted octanol–water partition coefficient (Wildman–Crippen LogP) is 0.164. The van der Waals surface area contributed by atoms with Crippen molar-refractivity contribution in [2.24, 2.45) is 12.8 Å². The van der Waals surface area contributed by atoms with Crippen LogP contribution in [0.4, 0.5) is 0 Å². The Morgan fingerprint density at radius 3 is 3.00 bits per heavy atom. The standard InChI is InChI=1S/C10H18N4O/c1-8(11)3-4-10(15)12-7-9-5-6-14(2)13-9/h5-6,8H,3-4,7,11H2,1-2H3,(H,12,15). The summed E-state index contributed by atoms with van der Waals surface area (Å²) in [5.74, 6) is 0.0259. The van der Waals surface area contributed by atoms with Crippen molar-refractivity contribution in [1.29, 1.82) is 0 Å². The normalized spacial score (nSPS) is 12.5. The van der Waals surface area contributed by atoms with E-state index in [1.165, 1.54) is 0 Å². The Balaban J connectivity index is 2.22. The molecule has 0 aliphatic heterocycles. The van der Waals surface area contributed by atoms with Crippen molar-refractivity contribution in [3.05, 3.63) is 18.0 Å². The van der Waals surface area contributed by atoms with Crippen molar-refractivity contribution < 1.29 is 4.79 Å². The highest BCUT2D eigenvalue weighted by Crippen LogP contribution is 1.96. The fraction of sp³-hybridized carbons (Fsp3) is 0.600. The molecule has 0 saturated heterocycles. The zero-order valence-electron chi connectivity index (χ0n) is 9.23. The number of hydrogen-bond donors (Lipinski definition) is 2. The first-order chi connectivity index (χ1) is 7.08. The number of nitrogens with two attached hydrogens (primary N) is 1. The zero-order valence-corrected chi connectivity index (χ0v) is 9.23. The molecule has 84 valence electrons. The summed E-state index contributed by atoms with van der Waals surface area (Å²) in [5.41, 5.74) is 6.42. The van der Waals surface area contributed by atoms with E-state index < -0.39 is 0 Å². The number of rotatable bonds is 5. The van der Waals surface area contributed by atoms with Crippen LogP contribution in [0, 0.1) is 0 Å². The van der Waals surface area contributed by atoms with Gasteiger partial charge in [0.15, 0.2) is 0 Å². The molecule has 1 heterocycles. The van der Waals surface area contributed by atoms with Gasteiger partial charge in [-0.2, -0.15) is 5.10 Å². The molecule has 5 nitrogen and oxygen atoms in total. The molecule has 0 bridgehead atoms. The molecule has 1 amide bonds. The fourth-order valence-electron chi connectivity index (χ4n) is 1.19. The van der Waals surface area contributed by atoms with Gasteiger partial charge in [-0.15, -0.1) is 0 Å². The van der Waals surface area contributed by atoms with Crippen LogP contribution in [-0.2, 0) is 18.4 Å². The maximum Gasteiger partial charge on any atom is 0.220 e. The molecule has 0 aliphatic rings. The van der Waals surface area contributed by atoms with Gasteiger partial charge in [0.1, 0.15) is 0 Å². The lowest BCUT2D eigenvalue weighted by Gasteiger charge is -2.05. The minimum absolute atomic E-state index is 0.0259. The average molecular weight is 210 g/mol. The van der Waals surface area contributed by atoms with E-state index in [2.05, 4.69) is 10.4 Å². The van der Waals surface area contributed by atoms with Gasteiger partial charge in [0.05, 0.1) is 12.2 Å². The van der Waals surface area contributed by atoms with Crippen molar-refractivity contribution in [1.82, 2.24) is 15.1 Å². The summed E-state index contributed by atoms with van der Waals surface area (Å²) >= 11 is 0. The highest BCUT2D eigenvalue weighted by atomic mass is 16.1. The number of aromatic nitrogens is 2. The molecule has 0 aliphatic carbocycles. The van der Waals surface area contributed by atoms with Gasteiger partial charge in [0.2, 0.25) is 5.91 Å². The Hall–Kier alpha value is -1.36. The average Bonchev–Trinajstić information content (AvgIpc) is 2.58. The first-order valence-electron chi connectivity index (χ1n) is 5.08. The van der Waals surface area contributed by atoms with E-state index >= 15 is 0 Å². The van der Waals surface area contributed by atoms with Gasteiger partial charge in [-0.3, -0.25) is 9.48 Å². The lowest BCUT2D eigenvalue weighted by molar-refractivity contribution is -0.121. The molecule has 3 N–H and O–H groups in total. The maximum absolute atomic E-state index is 11.3. The Morgan fingerprint density at radius 1 is 1.73 bits per heavy atom. The highest BCUT2D eigenvalue weighted by Gasteiger charge is 2.04. The van der Waals surface area contributed by atoms with E-state index in [-0.39, 0.29) is 11.9 Å². The molecule has 15 heavy (non-hydrogen) atoms. The first-order valence-corrected chi connectivity index (χ1v) is 5.08. The van der Waals surface area contributed by atoms with Crippen molar-refractivity contribution in [2.45, 2.75) is 32.4 Å². The second kappa shape index (κ2) is 5.50. The quantitative estimate of drug-likeness (QED) is 0.727. The molecule has 0 spiro atoms. The molecule has 1 aromatic rings. The maximum atomic E-state index is 11.3. The largest absolute Gasteiger partial charge is 0.350 e. The van der Waals surface area contributed by atoms with E-state index in [9.17, 15) is 4.79 Å². The number of nitrogens with zero attached hydrogens (tertiary/aromatic N) is 2. The molecule has 1 unspecified atom stereocenters. The van der Waals surface area contributed by atoms with Crippen LogP contribution in [0.1, 0.15) is 25.5 Å². The molecular formula is C10H18N4O. The van der Waals surface area contributed by atoms with E-state index in [0.717, 1.165) is 5.69 Å². The van der Waals surface area contributed by atoms with Crippen LogP contribution in [-0.4, -0.2) is 21.7 Å². The fourth-order valence-corrected chi connectivity index (χ4v) is 1.19. The van der Waals surface area contributed by atoms with Crippen LogP contribution in [0.25, 0.3) is 0 Å². The van der Waals surface area contributed by atoms with Gasteiger partial charge in [0, 0.05) is 25.7 Å². The minimum atomic E-state index is 0.0259. The number of carbonyl (C=O) groups is 1. The van der Waals surface area contributed by atoms with Crippen molar-refractivity contribution in [3.63, 3.8) is 0 Å². The van der Waals surface area contributed by atoms with E-state index in [1.54, 1.807) is 4.68 Å². The second-order valence-electron chi connectivity index (χ2n) is 3.77. The van der Waals surface area contributed by atoms with Crippen molar-refractivity contribution in [2.75, 3.05) is 0 Å². The number of carbonyl (C=O) groups excluding carboxylic acids is 1. The summed E-state index contributed by atoms with van der Waals surface area (Å²) in [4.78, 5) is 11.3. The smallest absolute Gasteiger partial charge is 0.220 e. The van der Waals surface area contributed by atoms with Crippen molar-refractivity contribution in [3.8, 4) is 0 Å². The number of nitrogens with one attached hydrogen (secondary N) is 1. The summed E-state index contributed by atoms with van der Waals surface area (Å²) in [7, 11) is 1.85. The summed E-state index contributed by atoms with van der Waals surface area (Å²) in [6.45, 7) is 2.38. The molecular weight excluding hydrogens is 192 g/mol. The zero-order chi connectivity index (χ0) is 11.3. The van der Waals surface area contributed by atoms with Crippen LogP contribution < -0.4 is 11.1 Å². The minimum Gasteiger partial charge on any atom is -0.350 e. The molecule has 0 saturated carbocycles. The summed E-state index contributed by atoms with van der Waals surface area (Å²) < 4.78 is 1.71. The van der Waals surface area contributed by atoms with Gasteiger partial charge >= 0.3 is 0 Å². The van der Waals surface area contributed by atoms with Gasteiger partial charge in [-0.1, -0.05) is 0 Å². The second-order valence-corrected chi connectivity index (χ2v) is 3.77. The summed E-state index contributed by atoms with van der Waals surface area (Å²) in [6, 6.07) is 1.96. The Bertz CT molecular complexity index is 319. The van der Waals surface area contributed by atoms with Crippen LogP contribution in [0.3, 0.4) is 0 Å². The van der Waals surface area contributed by atoms with Gasteiger partial charge in [-0.25, -0.2) is 0 Å². The van der Waals surface area contributed by atoms with E-state index in [1.807, 2.05) is 26.2 Å². The number of aryl methyl sites for hydroxylation is 1. The molecule has 1 atom stereocenters. The molecule has 1 aromatic heterocycles. The topological polar surface area (TPSA) is 72.9 Å². The molecule has 0 fully saturated rings. The lowest BCUT2D eigenvalue weighted by Crippen LogP contribution is -2.25. The van der Waals surface area contributed by atoms with Gasteiger partial charge < -0.3 is 11.1 Å². The van der Waals surface area contributed by atoms with E-state index in [0.29, 0.717) is 19.4 Å².